The average molecular weight is 343 g/mol. The lowest BCUT2D eigenvalue weighted by Gasteiger charge is -2.15. The number of nitrogens with zero attached hydrogens (tertiary/aromatic N) is 2. The highest BCUT2D eigenvalue weighted by molar-refractivity contribution is 5.94. The maximum absolute atomic E-state index is 12.3. The summed E-state index contributed by atoms with van der Waals surface area (Å²) < 4.78 is 1.27. The van der Waals surface area contributed by atoms with Crippen molar-refractivity contribution in [2.75, 3.05) is 0 Å². The fraction of sp³-hybridized carbons (Fsp3) is 0.421. The van der Waals surface area contributed by atoms with Crippen molar-refractivity contribution in [1.29, 1.82) is 0 Å². The van der Waals surface area contributed by atoms with Gasteiger partial charge in [0.2, 0.25) is 0 Å². The van der Waals surface area contributed by atoms with Crippen molar-refractivity contribution < 1.29 is 14.7 Å². The molecule has 0 fully saturated rings. The molecule has 0 aliphatic heterocycles. The summed E-state index contributed by atoms with van der Waals surface area (Å²) in [5.41, 5.74) is 2.65. The van der Waals surface area contributed by atoms with Crippen molar-refractivity contribution in [1.82, 2.24) is 15.1 Å². The third kappa shape index (κ3) is 4.47. The van der Waals surface area contributed by atoms with E-state index in [-0.39, 0.29) is 11.9 Å². The molecular weight excluding hydrogens is 318 g/mol. The second-order valence-corrected chi connectivity index (χ2v) is 6.39. The molecular formula is C19H25N3O3. The van der Waals surface area contributed by atoms with Gasteiger partial charge in [-0.3, -0.25) is 9.48 Å². The SMILES string of the molecule is CCC(C)c1ccc(C(C)NC(=O)c2cnn(C(C)C(=O)O)c2)cc1. The molecule has 2 N–H and O–H groups in total. The Hall–Kier alpha value is -2.63. The first-order chi connectivity index (χ1) is 11.8. The predicted molar refractivity (Wildman–Crippen MR) is 95.6 cm³/mol. The molecule has 1 aromatic carbocycles. The van der Waals surface area contributed by atoms with Gasteiger partial charge in [-0.05, 0) is 37.3 Å². The standard InChI is InChI=1S/C19H25N3O3/c1-5-12(2)15-6-8-16(9-7-15)13(3)21-18(23)17-10-20-22(11-17)14(4)19(24)25/h6-14H,5H2,1-4H3,(H,21,23)(H,24,25). The largest absolute Gasteiger partial charge is 0.480 e. The number of nitrogens with one attached hydrogen (secondary N) is 1. The first-order valence-electron chi connectivity index (χ1n) is 8.51. The number of benzene rings is 1. The normalized spacial score (nSPS) is 14.6. The van der Waals surface area contributed by atoms with Crippen molar-refractivity contribution in [3.63, 3.8) is 0 Å². The maximum atomic E-state index is 12.3. The number of hydrogen-bond acceptors (Lipinski definition) is 3. The van der Waals surface area contributed by atoms with Gasteiger partial charge in [-0.25, -0.2) is 4.79 Å². The minimum Gasteiger partial charge on any atom is -0.480 e. The molecule has 1 heterocycles. The van der Waals surface area contributed by atoms with Crippen LogP contribution in [-0.4, -0.2) is 26.8 Å². The predicted octanol–water partition coefficient (Wildman–Crippen LogP) is 3.53. The lowest BCUT2D eigenvalue weighted by atomic mass is 9.96. The molecule has 6 nitrogen and oxygen atoms in total. The Balaban J connectivity index is 2.03. The summed E-state index contributed by atoms with van der Waals surface area (Å²) in [6, 6.07) is 7.29. The van der Waals surface area contributed by atoms with Crippen LogP contribution in [0.3, 0.4) is 0 Å². The molecule has 2 aromatic rings. The Morgan fingerprint density at radius 2 is 1.76 bits per heavy atom. The summed E-state index contributed by atoms with van der Waals surface area (Å²) in [5, 5.41) is 15.9. The average Bonchev–Trinajstić information content (AvgIpc) is 3.10. The van der Waals surface area contributed by atoms with Crippen LogP contribution >= 0.6 is 0 Å². The lowest BCUT2D eigenvalue weighted by Crippen LogP contribution is -2.26. The van der Waals surface area contributed by atoms with Crippen LogP contribution in [0.5, 0.6) is 0 Å². The van der Waals surface area contributed by atoms with Gasteiger partial charge in [0.25, 0.3) is 5.91 Å². The third-order valence-electron chi connectivity index (χ3n) is 4.58. The van der Waals surface area contributed by atoms with Gasteiger partial charge in [-0.1, -0.05) is 38.1 Å². The van der Waals surface area contributed by atoms with Crippen LogP contribution in [0, 0.1) is 0 Å². The van der Waals surface area contributed by atoms with E-state index in [1.807, 2.05) is 19.1 Å². The van der Waals surface area contributed by atoms with Crippen LogP contribution in [-0.2, 0) is 4.79 Å². The zero-order valence-corrected chi connectivity index (χ0v) is 15.1. The Morgan fingerprint density at radius 3 is 2.32 bits per heavy atom. The highest BCUT2D eigenvalue weighted by Crippen LogP contribution is 2.21. The van der Waals surface area contributed by atoms with Gasteiger partial charge in [-0.15, -0.1) is 0 Å². The fourth-order valence-electron chi connectivity index (χ4n) is 2.49. The quantitative estimate of drug-likeness (QED) is 0.805. The van der Waals surface area contributed by atoms with Gasteiger partial charge in [0.1, 0.15) is 6.04 Å². The van der Waals surface area contributed by atoms with E-state index in [2.05, 4.69) is 36.4 Å². The number of carbonyl (C=O) groups excluding carboxylic acids is 1. The molecule has 3 atom stereocenters. The third-order valence-corrected chi connectivity index (χ3v) is 4.58. The maximum Gasteiger partial charge on any atom is 0.328 e. The molecule has 0 aliphatic rings. The number of rotatable bonds is 7. The van der Waals surface area contributed by atoms with E-state index >= 15 is 0 Å². The van der Waals surface area contributed by atoms with E-state index < -0.39 is 12.0 Å². The minimum atomic E-state index is -0.996. The van der Waals surface area contributed by atoms with Crippen LogP contribution in [0.25, 0.3) is 0 Å². The monoisotopic (exact) mass is 343 g/mol. The molecule has 0 saturated heterocycles. The first-order valence-corrected chi connectivity index (χ1v) is 8.51. The topological polar surface area (TPSA) is 84.2 Å². The molecule has 0 aliphatic carbocycles. The molecule has 3 unspecified atom stereocenters. The van der Waals surface area contributed by atoms with Crippen LogP contribution < -0.4 is 5.32 Å². The van der Waals surface area contributed by atoms with Crippen LogP contribution in [0.15, 0.2) is 36.7 Å². The van der Waals surface area contributed by atoms with E-state index in [0.717, 1.165) is 12.0 Å². The van der Waals surface area contributed by atoms with Crippen LogP contribution in [0.4, 0.5) is 0 Å². The van der Waals surface area contributed by atoms with Crippen molar-refractivity contribution in [2.24, 2.45) is 0 Å². The number of aromatic nitrogens is 2. The van der Waals surface area contributed by atoms with E-state index in [0.29, 0.717) is 11.5 Å². The zero-order chi connectivity index (χ0) is 18.6. The number of hydrogen-bond donors (Lipinski definition) is 2. The van der Waals surface area contributed by atoms with Crippen molar-refractivity contribution in [3.05, 3.63) is 53.3 Å². The molecule has 25 heavy (non-hydrogen) atoms. The molecule has 1 amide bonds. The molecule has 0 saturated carbocycles. The zero-order valence-electron chi connectivity index (χ0n) is 15.1. The molecule has 134 valence electrons. The highest BCUT2D eigenvalue weighted by atomic mass is 16.4. The Kier molecular flexibility index (Phi) is 5.96. The Morgan fingerprint density at radius 1 is 1.16 bits per heavy atom. The van der Waals surface area contributed by atoms with Crippen molar-refractivity contribution >= 4 is 11.9 Å². The summed E-state index contributed by atoms with van der Waals surface area (Å²) >= 11 is 0. The molecule has 0 radical (unpaired) electrons. The second kappa shape index (κ2) is 7.96. The number of carbonyl (C=O) groups is 2. The summed E-state index contributed by atoms with van der Waals surface area (Å²) in [4.78, 5) is 23.3. The van der Waals surface area contributed by atoms with Gasteiger partial charge in [0.15, 0.2) is 0 Å². The van der Waals surface area contributed by atoms with Crippen molar-refractivity contribution in [2.45, 2.75) is 52.1 Å². The number of aliphatic carboxylic acids is 1. The van der Waals surface area contributed by atoms with E-state index in [4.69, 9.17) is 5.11 Å². The molecule has 6 heteroatoms. The fourth-order valence-corrected chi connectivity index (χ4v) is 2.49. The number of amides is 1. The van der Waals surface area contributed by atoms with Gasteiger partial charge < -0.3 is 10.4 Å². The van der Waals surface area contributed by atoms with Gasteiger partial charge >= 0.3 is 5.97 Å². The van der Waals surface area contributed by atoms with Crippen LogP contribution in [0.2, 0.25) is 0 Å². The van der Waals surface area contributed by atoms with E-state index in [1.54, 1.807) is 0 Å². The minimum absolute atomic E-state index is 0.154. The Labute approximate surface area is 147 Å². The Bertz CT molecular complexity index is 737. The van der Waals surface area contributed by atoms with Gasteiger partial charge in [0.05, 0.1) is 17.8 Å². The smallest absolute Gasteiger partial charge is 0.328 e. The van der Waals surface area contributed by atoms with Gasteiger partial charge in [-0.2, -0.15) is 5.10 Å². The molecule has 2 rings (SSSR count). The van der Waals surface area contributed by atoms with Gasteiger partial charge in [0, 0.05) is 6.20 Å². The summed E-state index contributed by atoms with van der Waals surface area (Å²) in [6.07, 6.45) is 3.92. The van der Waals surface area contributed by atoms with E-state index in [1.165, 1.54) is 29.6 Å². The van der Waals surface area contributed by atoms with E-state index in [9.17, 15) is 9.59 Å². The molecule has 0 bridgehead atoms. The molecule has 1 aromatic heterocycles. The summed E-state index contributed by atoms with van der Waals surface area (Å²) in [6.45, 7) is 7.78. The number of carboxylic acids is 1. The van der Waals surface area contributed by atoms with Crippen molar-refractivity contribution in [3.8, 4) is 0 Å². The van der Waals surface area contributed by atoms with Crippen LogP contribution in [0.1, 0.15) is 73.6 Å². The lowest BCUT2D eigenvalue weighted by molar-refractivity contribution is -0.140. The number of carboxylic acid groups (broad SMARTS) is 1. The summed E-state index contributed by atoms with van der Waals surface area (Å²) in [5.74, 6) is -0.756. The molecule has 0 spiro atoms. The summed E-state index contributed by atoms with van der Waals surface area (Å²) in [7, 11) is 0. The highest BCUT2D eigenvalue weighted by Gasteiger charge is 2.18. The first kappa shape index (κ1) is 18.7. The second-order valence-electron chi connectivity index (χ2n) is 6.39.